The molecule has 1 aliphatic heterocycles. The number of halogens is 1. The number of carbonyl (C=O) groups is 2. The van der Waals surface area contributed by atoms with E-state index in [1.807, 2.05) is 12.1 Å². The number of carbonyl (C=O) groups excluding carboxylic acids is 2. The number of aliphatic hydroxyl groups excluding tert-OH is 1. The van der Waals surface area contributed by atoms with Crippen LogP contribution in [0.1, 0.15) is 66.6 Å². The first kappa shape index (κ1) is 27.9. The molecule has 1 aromatic heterocycles. The molecule has 2 atom stereocenters. The Kier molecular flexibility index (Phi) is 8.52. The molecular formula is C30H34ClN5O4. The third-order valence-electron chi connectivity index (χ3n) is 7.74. The van der Waals surface area contributed by atoms with Crippen LogP contribution >= 0.6 is 11.6 Å². The highest BCUT2D eigenvalue weighted by Gasteiger charge is 2.35. The monoisotopic (exact) mass is 563 g/mol. The van der Waals surface area contributed by atoms with Crippen molar-refractivity contribution in [3.8, 4) is 17.0 Å². The van der Waals surface area contributed by atoms with Crippen molar-refractivity contribution in [2.75, 3.05) is 19.0 Å². The molecule has 2 heterocycles. The summed E-state index contributed by atoms with van der Waals surface area (Å²) < 4.78 is 5.26. The number of methoxy groups -OCH3 is 1. The molecule has 0 saturated heterocycles. The van der Waals surface area contributed by atoms with Crippen LogP contribution in [0, 0.1) is 0 Å². The van der Waals surface area contributed by atoms with E-state index in [1.54, 1.807) is 50.6 Å². The van der Waals surface area contributed by atoms with Crippen molar-refractivity contribution in [3.05, 3.63) is 70.4 Å². The van der Waals surface area contributed by atoms with Gasteiger partial charge in [-0.15, -0.1) is 0 Å². The molecule has 2 aliphatic rings. The van der Waals surface area contributed by atoms with Gasteiger partial charge in [0.1, 0.15) is 11.8 Å². The number of nitrogens with one attached hydrogen (secondary N) is 2. The average molecular weight is 564 g/mol. The molecule has 0 radical (unpaired) electrons. The fourth-order valence-corrected chi connectivity index (χ4v) is 5.58. The van der Waals surface area contributed by atoms with E-state index in [0.717, 1.165) is 18.4 Å². The first-order chi connectivity index (χ1) is 19.4. The van der Waals surface area contributed by atoms with Crippen LogP contribution < -0.4 is 15.4 Å². The molecule has 0 unspecified atom stereocenters. The largest absolute Gasteiger partial charge is 0.497 e. The summed E-state index contributed by atoms with van der Waals surface area (Å²) in [5.74, 6) is 0.548. The zero-order valence-corrected chi connectivity index (χ0v) is 23.4. The summed E-state index contributed by atoms with van der Waals surface area (Å²) in [6.45, 7) is 1.70. The second-order valence-electron chi connectivity index (χ2n) is 10.4. The lowest BCUT2D eigenvalue weighted by atomic mass is 9.96. The van der Waals surface area contributed by atoms with Crippen molar-refractivity contribution in [3.63, 3.8) is 0 Å². The number of rotatable bonds is 9. The Morgan fingerprint density at radius 3 is 2.75 bits per heavy atom. The van der Waals surface area contributed by atoms with Crippen molar-refractivity contribution < 1.29 is 19.4 Å². The summed E-state index contributed by atoms with van der Waals surface area (Å²) in [5, 5.41) is 16.6. The molecule has 0 spiro atoms. The Balaban J connectivity index is 1.30. The first-order valence-electron chi connectivity index (χ1n) is 13.7. The van der Waals surface area contributed by atoms with Crippen LogP contribution in [0.5, 0.6) is 5.75 Å². The number of hydrogen-bond acceptors (Lipinski definition) is 7. The van der Waals surface area contributed by atoms with Gasteiger partial charge >= 0.3 is 0 Å². The van der Waals surface area contributed by atoms with Gasteiger partial charge in [-0.3, -0.25) is 9.59 Å². The van der Waals surface area contributed by atoms with Gasteiger partial charge in [-0.25, -0.2) is 9.97 Å². The molecule has 3 aromatic rings. The molecule has 10 heteroatoms. The van der Waals surface area contributed by atoms with Crippen LogP contribution in [0.3, 0.4) is 0 Å². The minimum absolute atomic E-state index is 0.243. The van der Waals surface area contributed by atoms with E-state index in [0.29, 0.717) is 51.7 Å². The van der Waals surface area contributed by atoms with E-state index in [4.69, 9.17) is 16.3 Å². The lowest BCUT2D eigenvalue weighted by Crippen LogP contribution is -2.46. The fraction of sp³-hybridized carbons (Fsp3) is 0.400. The maximum atomic E-state index is 13.5. The number of aromatic nitrogens is 2. The Hall–Kier alpha value is -3.69. The molecule has 1 fully saturated rings. The van der Waals surface area contributed by atoms with Crippen LogP contribution in [-0.2, 0) is 11.3 Å². The van der Waals surface area contributed by atoms with Crippen molar-refractivity contribution in [2.24, 2.45) is 0 Å². The van der Waals surface area contributed by atoms with Crippen molar-refractivity contribution in [1.82, 2.24) is 20.2 Å². The predicted octanol–water partition coefficient (Wildman–Crippen LogP) is 4.74. The number of anilines is 1. The summed E-state index contributed by atoms with van der Waals surface area (Å²) >= 11 is 6.48. The van der Waals surface area contributed by atoms with E-state index in [9.17, 15) is 14.7 Å². The molecule has 210 valence electrons. The molecule has 9 nitrogen and oxygen atoms in total. The Bertz CT molecular complexity index is 1390. The van der Waals surface area contributed by atoms with Crippen LogP contribution in [0.2, 0.25) is 5.02 Å². The zero-order chi connectivity index (χ0) is 28.2. The van der Waals surface area contributed by atoms with Crippen LogP contribution in [0.4, 0.5) is 5.95 Å². The quantitative estimate of drug-likeness (QED) is 0.344. The normalized spacial score (nSPS) is 16.8. The SMILES string of the molecule is COc1cccc([C@@H](CO)NC(=O)[C@@H](C)N2Cc3ccc(-c4nc(NC5CCCCC5)ncc4Cl)cc3C2=O)c1. The summed E-state index contributed by atoms with van der Waals surface area (Å²) in [5.41, 5.74) is 3.32. The number of hydrogen-bond donors (Lipinski definition) is 3. The number of amides is 2. The Labute approximate surface area is 238 Å². The van der Waals surface area contributed by atoms with E-state index < -0.39 is 12.1 Å². The maximum Gasteiger partial charge on any atom is 0.255 e. The molecule has 2 aromatic carbocycles. The number of nitrogens with zero attached hydrogens (tertiary/aromatic N) is 3. The van der Waals surface area contributed by atoms with Crippen molar-refractivity contribution in [1.29, 1.82) is 0 Å². The van der Waals surface area contributed by atoms with E-state index in [2.05, 4.69) is 20.6 Å². The van der Waals surface area contributed by atoms with Crippen LogP contribution in [-0.4, -0.2) is 57.6 Å². The van der Waals surface area contributed by atoms with Gasteiger partial charge in [0.15, 0.2) is 0 Å². The minimum atomic E-state index is -0.753. The van der Waals surface area contributed by atoms with Gasteiger partial charge in [-0.1, -0.05) is 55.1 Å². The topological polar surface area (TPSA) is 117 Å². The number of benzene rings is 2. The molecule has 40 heavy (non-hydrogen) atoms. The van der Waals surface area contributed by atoms with Crippen molar-refractivity contribution >= 4 is 29.4 Å². The predicted molar refractivity (Wildman–Crippen MR) is 153 cm³/mol. The first-order valence-corrected chi connectivity index (χ1v) is 14.0. The minimum Gasteiger partial charge on any atom is -0.497 e. The smallest absolute Gasteiger partial charge is 0.255 e. The van der Waals surface area contributed by atoms with Crippen LogP contribution in [0.15, 0.2) is 48.7 Å². The lowest BCUT2D eigenvalue weighted by molar-refractivity contribution is -0.126. The molecule has 5 rings (SSSR count). The highest BCUT2D eigenvalue weighted by atomic mass is 35.5. The van der Waals surface area contributed by atoms with Crippen molar-refractivity contribution in [2.45, 2.75) is 63.7 Å². The number of aliphatic hydroxyl groups is 1. The molecule has 0 bridgehead atoms. The molecule has 1 aliphatic carbocycles. The lowest BCUT2D eigenvalue weighted by Gasteiger charge is -2.26. The van der Waals surface area contributed by atoms with Gasteiger partial charge in [0.2, 0.25) is 11.9 Å². The second-order valence-corrected chi connectivity index (χ2v) is 10.8. The van der Waals surface area contributed by atoms with E-state index >= 15 is 0 Å². The van der Waals surface area contributed by atoms with Crippen LogP contribution in [0.25, 0.3) is 11.3 Å². The summed E-state index contributed by atoms with van der Waals surface area (Å²) in [4.78, 5) is 37.2. The maximum absolute atomic E-state index is 13.5. The zero-order valence-electron chi connectivity index (χ0n) is 22.7. The molecule has 2 amide bonds. The highest BCUT2D eigenvalue weighted by Crippen LogP contribution is 2.33. The average Bonchev–Trinajstić information content (AvgIpc) is 3.32. The van der Waals surface area contributed by atoms with Gasteiger partial charge < -0.3 is 25.4 Å². The van der Waals surface area contributed by atoms with Gasteiger partial charge in [-0.2, -0.15) is 0 Å². The number of ether oxygens (including phenoxy) is 1. The third-order valence-corrected chi connectivity index (χ3v) is 8.02. The van der Waals surface area contributed by atoms with Gasteiger partial charge in [0, 0.05) is 23.7 Å². The summed E-state index contributed by atoms with van der Waals surface area (Å²) in [6.07, 6.45) is 7.42. The molecular weight excluding hydrogens is 530 g/mol. The highest BCUT2D eigenvalue weighted by molar-refractivity contribution is 6.33. The standard InChI is InChI=1S/C30H34ClN5O4/c1-18(28(38)34-26(17-37)19-7-6-10-23(13-19)40-2)36-16-21-12-11-20(14-24(21)29(36)39)27-25(31)15-32-30(35-27)33-22-8-4-3-5-9-22/h6-7,10-15,18,22,26,37H,3-5,8-9,16-17H2,1-2H3,(H,34,38)(H,32,33,35)/t18-,26-/m1/s1. The number of fused-ring (bicyclic) bond motifs is 1. The van der Waals surface area contributed by atoms with E-state index in [-0.39, 0.29) is 18.4 Å². The molecule has 3 N–H and O–H groups in total. The van der Waals surface area contributed by atoms with E-state index in [1.165, 1.54) is 24.2 Å². The summed E-state index contributed by atoms with van der Waals surface area (Å²) in [6, 6.07) is 11.7. The third kappa shape index (κ3) is 5.90. The summed E-state index contributed by atoms with van der Waals surface area (Å²) in [7, 11) is 1.56. The Morgan fingerprint density at radius 2 is 2.00 bits per heavy atom. The second kappa shape index (κ2) is 12.2. The fourth-order valence-electron chi connectivity index (χ4n) is 5.38. The Morgan fingerprint density at radius 1 is 1.20 bits per heavy atom. The van der Waals surface area contributed by atoms with Gasteiger partial charge in [0.05, 0.1) is 36.7 Å². The molecule has 1 saturated carbocycles. The van der Waals surface area contributed by atoms with Gasteiger partial charge in [0.25, 0.3) is 5.91 Å². The van der Waals surface area contributed by atoms with Gasteiger partial charge in [-0.05, 0) is 49.1 Å².